The fraction of sp³-hybridized carbons (Fsp3) is 0.667. The molecule has 7 nitrogen and oxygen atoms in total. The second-order valence-corrected chi connectivity index (χ2v) is 7.20. The molecule has 0 saturated carbocycles. The Hall–Kier alpha value is -0.740. The summed E-state index contributed by atoms with van der Waals surface area (Å²) in [5.74, 6) is 0.614. The quantitative estimate of drug-likeness (QED) is 0.544. The van der Waals surface area contributed by atoms with E-state index in [0.29, 0.717) is 25.4 Å². The van der Waals surface area contributed by atoms with Crippen LogP contribution >= 0.6 is 10.9 Å². The van der Waals surface area contributed by atoms with Gasteiger partial charge in [0.25, 0.3) is 0 Å². The fourth-order valence-electron chi connectivity index (χ4n) is 1.84. The third-order valence-corrected chi connectivity index (χ3v) is 5.35. The van der Waals surface area contributed by atoms with Crippen molar-refractivity contribution in [3.8, 4) is 0 Å². The van der Waals surface area contributed by atoms with Crippen LogP contribution in [0.3, 0.4) is 0 Å². The lowest BCUT2D eigenvalue weighted by Crippen LogP contribution is -2.22. The van der Waals surface area contributed by atoms with Crippen molar-refractivity contribution in [1.82, 2.24) is 4.98 Å². The van der Waals surface area contributed by atoms with Crippen LogP contribution in [0.25, 0.3) is 0 Å². The molecule has 1 heterocycles. The lowest BCUT2D eigenvalue weighted by molar-refractivity contribution is -0.0238. The van der Waals surface area contributed by atoms with Gasteiger partial charge in [-0.1, -0.05) is 6.07 Å². The van der Waals surface area contributed by atoms with Crippen LogP contribution in [0.4, 0.5) is 0 Å². The van der Waals surface area contributed by atoms with Crippen molar-refractivity contribution >= 4 is 10.9 Å². The summed E-state index contributed by atoms with van der Waals surface area (Å²) in [7, 11) is 2.75. The van der Waals surface area contributed by atoms with Crippen LogP contribution in [0.5, 0.6) is 0 Å². The first-order chi connectivity index (χ1) is 11.2. The van der Waals surface area contributed by atoms with E-state index in [2.05, 4.69) is 4.98 Å². The minimum atomic E-state index is -1.93. The maximum absolute atomic E-state index is 9.79. The summed E-state index contributed by atoms with van der Waals surface area (Å²) >= 11 is 0. The Morgan fingerprint density at radius 1 is 1.09 bits per heavy atom. The summed E-state index contributed by atoms with van der Waals surface area (Å²) in [5.41, 5.74) is 0.832. The number of hydrogen-bond acceptors (Lipinski definition) is 7. The van der Waals surface area contributed by atoms with Crippen molar-refractivity contribution in [2.45, 2.75) is 19.1 Å². The number of aromatic nitrogens is 1. The van der Waals surface area contributed by atoms with Crippen molar-refractivity contribution in [1.29, 1.82) is 0 Å². The van der Waals surface area contributed by atoms with E-state index in [1.807, 2.05) is 18.2 Å². The summed E-state index contributed by atoms with van der Waals surface area (Å²) in [6.07, 6.45) is 1.76. The highest BCUT2D eigenvalue weighted by atomic mass is 32.3. The predicted molar refractivity (Wildman–Crippen MR) is 88.8 cm³/mol. The first-order valence-corrected chi connectivity index (χ1v) is 8.94. The van der Waals surface area contributed by atoms with Crippen LogP contribution in [0.1, 0.15) is 12.1 Å². The summed E-state index contributed by atoms with van der Waals surface area (Å²) in [6.45, 7) is 1.29. The predicted octanol–water partition coefficient (Wildman–Crippen LogP) is 1.85. The number of aliphatic hydroxyl groups is 1. The zero-order valence-electron chi connectivity index (χ0n) is 14.0. The molecular weight excluding hydrogens is 322 g/mol. The van der Waals surface area contributed by atoms with Gasteiger partial charge in [-0.3, -0.25) is 17.5 Å². The molecule has 0 amide bonds. The van der Waals surface area contributed by atoms with Gasteiger partial charge < -0.3 is 14.6 Å². The highest BCUT2D eigenvalue weighted by molar-refractivity contribution is 8.21. The molecule has 1 N–H and O–H groups in total. The largest absolute Gasteiger partial charge is 0.388 e. The number of ether oxygens (including phenoxy) is 2. The molecule has 0 bridgehead atoms. The van der Waals surface area contributed by atoms with E-state index in [4.69, 9.17) is 22.0 Å². The molecule has 1 aromatic heterocycles. The minimum absolute atomic E-state index is 0.208. The molecule has 1 rings (SSSR count). The Balaban J connectivity index is 2.06. The van der Waals surface area contributed by atoms with Crippen molar-refractivity contribution < 1.29 is 27.1 Å². The SMILES string of the molecule is COS(CCCOCC(O)COCc1ccccn1)(OC)OC. The Morgan fingerprint density at radius 3 is 2.39 bits per heavy atom. The normalized spacial score (nSPS) is 13.9. The van der Waals surface area contributed by atoms with Crippen molar-refractivity contribution in [2.24, 2.45) is 0 Å². The Morgan fingerprint density at radius 2 is 1.78 bits per heavy atom. The Kier molecular flexibility index (Phi) is 10.4. The summed E-state index contributed by atoms with van der Waals surface area (Å²) < 4.78 is 26.6. The summed E-state index contributed by atoms with van der Waals surface area (Å²) in [6, 6.07) is 5.62. The lowest BCUT2D eigenvalue weighted by atomic mass is 10.3. The lowest BCUT2D eigenvalue weighted by Gasteiger charge is -2.33. The zero-order chi connectivity index (χ0) is 17.0. The third kappa shape index (κ3) is 8.07. The summed E-state index contributed by atoms with van der Waals surface area (Å²) in [4.78, 5) is 4.14. The minimum Gasteiger partial charge on any atom is -0.388 e. The molecule has 0 saturated heterocycles. The highest BCUT2D eigenvalue weighted by Gasteiger charge is 2.22. The molecule has 1 unspecified atom stereocenters. The number of nitrogens with zero attached hydrogens (tertiary/aromatic N) is 1. The van der Waals surface area contributed by atoms with E-state index in [-0.39, 0.29) is 13.2 Å². The van der Waals surface area contributed by atoms with Gasteiger partial charge >= 0.3 is 0 Å². The second-order valence-electron chi connectivity index (χ2n) is 4.68. The van der Waals surface area contributed by atoms with Crippen LogP contribution in [0.2, 0.25) is 0 Å². The first-order valence-electron chi connectivity index (χ1n) is 7.37. The molecule has 0 aliphatic carbocycles. The highest BCUT2D eigenvalue weighted by Crippen LogP contribution is 2.49. The first kappa shape index (κ1) is 20.3. The second kappa shape index (κ2) is 11.7. The van der Waals surface area contributed by atoms with Crippen molar-refractivity contribution in [2.75, 3.05) is 46.9 Å². The van der Waals surface area contributed by atoms with E-state index in [9.17, 15) is 5.11 Å². The van der Waals surface area contributed by atoms with E-state index in [0.717, 1.165) is 5.69 Å². The standard InChI is InChI=1S/C15H27NO6S/c1-18-23(19-2,20-3)10-6-9-21-12-15(17)13-22-11-14-7-4-5-8-16-14/h4-5,7-8,15,17H,6,9-13H2,1-3H3. The number of pyridine rings is 1. The van der Waals surface area contributed by atoms with Crippen LogP contribution in [-0.4, -0.2) is 63.1 Å². The maximum atomic E-state index is 9.79. The van der Waals surface area contributed by atoms with Crippen LogP contribution < -0.4 is 0 Å². The molecule has 1 aromatic rings. The monoisotopic (exact) mass is 349 g/mol. The number of hydrogen-bond donors (Lipinski definition) is 1. The van der Waals surface area contributed by atoms with Gasteiger partial charge in [0, 0.05) is 18.6 Å². The molecule has 0 fully saturated rings. The molecule has 0 spiro atoms. The smallest absolute Gasteiger partial charge is 0.101 e. The zero-order valence-corrected chi connectivity index (χ0v) is 14.8. The van der Waals surface area contributed by atoms with E-state index in [1.54, 1.807) is 27.5 Å². The molecule has 134 valence electrons. The number of aliphatic hydroxyl groups excluding tert-OH is 1. The molecule has 23 heavy (non-hydrogen) atoms. The average Bonchev–Trinajstić information content (AvgIpc) is 2.59. The van der Waals surface area contributed by atoms with Crippen molar-refractivity contribution in [3.63, 3.8) is 0 Å². The van der Waals surface area contributed by atoms with Gasteiger partial charge in [0.1, 0.15) is 6.10 Å². The molecule has 0 aliphatic rings. The van der Waals surface area contributed by atoms with Crippen LogP contribution in [0, 0.1) is 0 Å². The van der Waals surface area contributed by atoms with Gasteiger partial charge in [-0.25, -0.2) is 0 Å². The number of rotatable bonds is 13. The fourth-order valence-corrected chi connectivity index (χ4v) is 3.22. The molecule has 1 atom stereocenters. The van der Waals surface area contributed by atoms with Gasteiger partial charge in [0.05, 0.1) is 57.7 Å². The van der Waals surface area contributed by atoms with Gasteiger partial charge in [-0.15, -0.1) is 0 Å². The Labute approximate surface area is 139 Å². The van der Waals surface area contributed by atoms with Gasteiger partial charge in [0.2, 0.25) is 0 Å². The molecule has 0 aromatic carbocycles. The van der Waals surface area contributed by atoms with E-state index < -0.39 is 17.0 Å². The van der Waals surface area contributed by atoms with Crippen LogP contribution in [-0.2, 0) is 28.6 Å². The maximum Gasteiger partial charge on any atom is 0.101 e. The van der Waals surface area contributed by atoms with Gasteiger partial charge in [0.15, 0.2) is 0 Å². The summed E-state index contributed by atoms with van der Waals surface area (Å²) in [5, 5.41) is 9.79. The topological polar surface area (TPSA) is 79.3 Å². The van der Waals surface area contributed by atoms with E-state index in [1.165, 1.54) is 0 Å². The van der Waals surface area contributed by atoms with Crippen LogP contribution in [0.15, 0.2) is 24.4 Å². The molecule has 0 radical (unpaired) electrons. The third-order valence-electron chi connectivity index (χ3n) is 3.04. The molecular formula is C15H27NO6S. The van der Waals surface area contributed by atoms with Gasteiger partial charge in [-0.2, -0.15) is 0 Å². The molecule has 0 aliphatic heterocycles. The molecule has 8 heteroatoms. The van der Waals surface area contributed by atoms with E-state index >= 15 is 0 Å². The van der Waals surface area contributed by atoms with Gasteiger partial charge in [-0.05, 0) is 18.6 Å². The Bertz CT molecular complexity index is 396. The average molecular weight is 349 g/mol. The van der Waals surface area contributed by atoms with Crippen molar-refractivity contribution in [3.05, 3.63) is 30.1 Å².